The van der Waals surface area contributed by atoms with E-state index < -0.39 is 0 Å². The summed E-state index contributed by atoms with van der Waals surface area (Å²) in [5, 5.41) is 0. The smallest absolute Gasteiger partial charge is 0.123 e. The van der Waals surface area contributed by atoms with Crippen molar-refractivity contribution >= 4 is 0 Å². The summed E-state index contributed by atoms with van der Waals surface area (Å²) < 4.78 is 11.6. The fourth-order valence-corrected chi connectivity index (χ4v) is 4.17. The summed E-state index contributed by atoms with van der Waals surface area (Å²) in [6.07, 6.45) is 5.10. The zero-order chi connectivity index (χ0) is 19.2. The van der Waals surface area contributed by atoms with Crippen molar-refractivity contribution in [3.05, 3.63) is 59.4 Å². The Balaban J connectivity index is 1.37. The molecule has 4 rings (SSSR count). The molecule has 1 saturated heterocycles. The van der Waals surface area contributed by atoms with Crippen LogP contribution in [0.5, 0.6) is 5.75 Å². The third-order valence-electron chi connectivity index (χ3n) is 5.77. The first-order valence-corrected chi connectivity index (χ1v) is 10.4. The van der Waals surface area contributed by atoms with Crippen LogP contribution >= 0.6 is 0 Å². The molecule has 2 aliphatic heterocycles. The average Bonchev–Trinajstić information content (AvgIpc) is 2.96. The van der Waals surface area contributed by atoms with Gasteiger partial charge in [-0.2, -0.15) is 0 Å². The lowest BCUT2D eigenvalue weighted by Crippen LogP contribution is -2.40. The maximum absolute atomic E-state index is 6.04. The van der Waals surface area contributed by atoms with E-state index in [-0.39, 0.29) is 0 Å². The van der Waals surface area contributed by atoms with Gasteiger partial charge in [0.05, 0.1) is 0 Å². The molecule has 0 amide bonds. The van der Waals surface area contributed by atoms with Gasteiger partial charge < -0.3 is 14.4 Å². The van der Waals surface area contributed by atoms with Gasteiger partial charge in [-0.15, -0.1) is 0 Å². The molecule has 0 bridgehead atoms. The first-order valence-electron chi connectivity index (χ1n) is 10.4. The number of rotatable bonds is 6. The van der Waals surface area contributed by atoms with Crippen LogP contribution in [-0.4, -0.2) is 60.8 Å². The molecule has 0 radical (unpaired) electrons. The molecule has 0 unspecified atom stereocenters. The second-order valence-corrected chi connectivity index (χ2v) is 7.91. The molecule has 0 saturated carbocycles. The van der Waals surface area contributed by atoms with Crippen LogP contribution in [0.1, 0.15) is 29.7 Å². The number of hydrogen-bond donors (Lipinski definition) is 0. The van der Waals surface area contributed by atoms with Crippen molar-refractivity contribution in [3.8, 4) is 5.75 Å². The normalized spacial score (nSPS) is 18.5. The van der Waals surface area contributed by atoms with Crippen molar-refractivity contribution in [1.29, 1.82) is 0 Å². The largest absolute Gasteiger partial charge is 0.492 e. The molecule has 0 N–H and O–H groups in total. The monoisotopic (exact) mass is 381 g/mol. The molecule has 5 nitrogen and oxygen atoms in total. The van der Waals surface area contributed by atoms with Crippen LogP contribution in [0, 0.1) is 0 Å². The number of hydrogen-bond acceptors (Lipinski definition) is 5. The van der Waals surface area contributed by atoms with Gasteiger partial charge in [0.25, 0.3) is 0 Å². The Morgan fingerprint density at radius 2 is 2.04 bits per heavy atom. The van der Waals surface area contributed by atoms with E-state index in [1.54, 1.807) is 0 Å². The predicted octanol–water partition coefficient (Wildman–Crippen LogP) is 3.13. The number of nitrogens with zero attached hydrogens (tertiary/aromatic N) is 3. The van der Waals surface area contributed by atoms with E-state index in [0.29, 0.717) is 6.04 Å². The molecular formula is C23H31N3O2. The van der Waals surface area contributed by atoms with Crippen LogP contribution in [-0.2, 0) is 24.2 Å². The summed E-state index contributed by atoms with van der Waals surface area (Å²) in [4.78, 5) is 9.37. The second kappa shape index (κ2) is 9.50. The zero-order valence-corrected chi connectivity index (χ0v) is 16.8. The Bertz CT molecular complexity index is 747. The van der Waals surface area contributed by atoms with E-state index in [9.17, 15) is 0 Å². The third kappa shape index (κ3) is 5.10. The predicted molar refractivity (Wildman–Crippen MR) is 110 cm³/mol. The number of aromatic nitrogens is 1. The van der Waals surface area contributed by atoms with E-state index in [4.69, 9.17) is 9.47 Å². The van der Waals surface area contributed by atoms with E-state index in [1.165, 1.54) is 11.1 Å². The molecule has 2 aromatic rings. The Morgan fingerprint density at radius 1 is 1.14 bits per heavy atom. The number of fused-ring (bicyclic) bond motifs is 1. The Labute approximate surface area is 168 Å². The molecule has 2 aliphatic rings. The Kier molecular flexibility index (Phi) is 6.57. The highest BCUT2D eigenvalue weighted by Gasteiger charge is 2.24. The summed E-state index contributed by atoms with van der Waals surface area (Å²) in [5.74, 6) is 1.05. The standard InChI is InChI=1S/C23H31N3O2/c1-25(11-7-21-4-2-3-10-24-21)17-19-5-6-23-20(16-19)18-26(12-15-28-23)22-8-13-27-14-9-22/h2-6,10,16,22H,7-9,11-15,17-18H2,1H3. The molecule has 5 heteroatoms. The van der Waals surface area contributed by atoms with Gasteiger partial charge in [-0.25, -0.2) is 0 Å². The van der Waals surface area contributed by atoms with Crippen LogP contribution < -0.4 is 4.74 Å². The van der Waals surface area contributed by atoms with E-state index in [1.807, 2.05) is 12.3 Å². The molecule has 1 fully saturated rings. The van der Waals surface area contributed by atoms with E-state index in [0.717, 1.165) is 76.7 Å². The molecular weight excluding hydrogens is 350 g/mol. The minimum atomic E-state index is 0.619. The topological polar surface area (TPSA) is 37.8 Å². The number of likely N-dealkylation sites (N-methyl/N-ethyl adjacent to an activating group) is 1. The van der Waals surface area contributed by atoms with Gasteiger partial charge in [-0.05, 0) is 49.7 Å². The number of ether oxygens (including phenoxy) is 2. The summed E-state index contributed by atoms with van der Waals surface area (Å²) >= 11 is 0. The zero-order valence-electron chi connectivity index (χ0n) is 16.8. The SMILES string of the molecule is CN(CCc1ccccn1)Cc1ccc2c(c1)CN(C1CCOCC1)CCO2. The highest BCUT2D eigenvalue weighted by atomic mass is 16.5. The van der Waals surface area contributed by atoms with Crippen molar-refractivity contribution in [1.82, 2.24) is 14.8 Å². The van der Waals surface area contributed by atoms with Crippen LogP contribution in [0.2, 0.25) is 0 Å². The minimum absolute atomic E-state index is 0.619. The molecule has 150 valence electrons. The van der Waals surface area contributed by atoms with Gasteiger partial charge >= 0.3 is 0 Å². The molecule has 0 spiro atoms. The lowest BCUT2D eigenvalue weighted by Gasteiger charge is -2.33. The quantitative estimate of drug-likeness (QED) is 0.769. The van der Waals surface area contributed by atoms with Gasteiger partial charge in [0.2, 0.25) is 0 Å². The lowest BCUT2D eigenvalue weighted by atomic mass is 10.0. The third-order valence-corrected chi connectivity index (χ3v) is 5.77. The van der Waals surface area contributed by atoms with Crippen molar-refractivity contribution in [2.75, 3.05) is 40.0 Å². The van der Waals surface area contributed by atoms with Crippen molar-refractivity contribution in [2.24, 2.45) is 0 Å². The molecule has 1 aromatic carbocycles. The molecule has 1 aromatic heterocycles. The minimum Gasteiger partial charge on any atom is -0.492 e. The van der Waals surface area contributed by atoms with Crippen LogP contribution in [0.3, 0.4) is 0 Å². The van der Waals surface area contributed by atoms with Gasteiger partial charge in [-0.1, -0.05) is 12.1 Å². The van der Waals surface area contributed by atoms with Crippen molar-refractivity contribution in [2.45, 2.75) is 38.4 Å². The summed E-state index contributed by atoms with van der Waals surface area (Å²) in [6.45, 7) is 6.46. The fraction of sp³-hybridized carbons (Fsp3) is 0.522. The molecule has 0 aliphatic carbocycles. The highest BCUT2D eigenvalue weighted by Crippen LogP contribution is 2.27. The maximum Gasteiger partial charge on any atom is 0.123 e. The average molecular weight is 382 g/mol. The first-order chi connectivity index (χ1) is 13.8. The summed E-state index contributed by atoms with van der Waals surface area (Å²) in [6, 6.07) is 13.4. The number of pyridine rings is 1. The fourth-order valence-electron chi connectivity index (χ4n) is 4.17. The van der Waals surface area contributed by atoms with E-state index >= 15 is 0 Å². The lowest BCUT2D eigenvalue weighted by molar-refractivity contribution is 0.0294. The van der Waals surface area contributed by atoms with Gasteiger partial charge in [0.15, 0.2) is 0 Å². The number of benzene rings is 1. The van der Waals surface area contributed by atoms with E-state index in [2.05, 4.69) is 52.2 Å². The summed E-state index contributed by atoms with van der Waals surface area (Å²) in [7, 11) is 2.18. The Hall–Kier alpha value is -1.95. The maximum atomic E-state index is 6.04. The van der Waals surface area contributed by atoms with Crippen LogP contribution in [0.4, 0.5) is 0 Å². The first kappa shape index (κ1) is 19.4. The van der Waals surface area contributed by atoms with Gasteiger partial charge in [0, 0.05) is 69.3 Å². The van der Waals surface area contributed by atoms with Crippen molar-refractivity contribution < 1.29 is 9.47 Å². The summed E-state index contributed by atoms with van der Waals surface area (Å²) in [5.41, 5.74) is 3.82. The second-order valence-electron chi connectivity index (χ2n) is 7.91. The van der Waals surface area contributed by atoms with Gasteiger partial charge in [-0.3, -0.25) is 9.88 Å². The van der Waals surface area contributed by atoms with Gasteiger partial charge in [0.1, 0.15) is 12.4 Å². The highest BCUT2D eigenvalue weighted by molar-refractivity contribution is 5.38. The van der Waals surface area contributed by atoms with Crippen molar-refractivity contribution in [3.63, 3.8) is 0 Å². The van der Waals surface area contributed by atoms with Crippen LogP contribution in [0.15, 0.2) is 42.6 Å². The molecule has 28 heavy (non-hydrogen) atoms. The van der Waals surface area contributed by atoms with Crippen LogP contribution in [0.25, 0.3) is 0 Å². The molecule has 3 heterocycles. The Morgan fingerprint density at radius 3 is 2.86 bits per heavy atom. The molecule has 0 atom stereocenters.